The van der Waals surface area contributed by atoms with Crippen LogP contribution in [0.2, 0.25) is 0 Å². The van der Waals surface area contributed by atoms with Gasteiger partial charge in [-0.3, -0.25) is 9.59 Å². The first kappa shape index (κ1) is 20.6. The first-order valence-corrected chi connectivity index (χ1v) is 9.55. The molecule has 1 amide bonds. The van der Waals surface area contributed by atoms with E-state index in [1.54, 1.807) is 11.3 Å². The van der Waals surface area contributed by atoms with Crippen LogP contribution in [-0.2, 0) is 36.7 Å². The normalized spacial score (nSPS) is 11.4. The van der Waals surface area contributed by atoms with E-state index >= 15 is 0 Å². The number of esters is 2. The van der Waals surface area contributed by atoms with Crippen LogP contribution in [0.15, 0.2) is 47.8 Å². The van der Waals surface area contributed by atoms with Gasteiger partial charge in [0.1, 0.15) is 6.04 Å². The van der Waals surface area contributed by atoms with Crippen LogP contribution in [0.3, 0.4) is 0 Å². The second-order valence-corrected chi connectivity index (χ2v) is 6.96. The molecule has 1 aromatic heterocycles. The molecule has 0 aliphatic carbocycles. The number of benzene rings is 1. The van der Waals surface area contributed by atoms with Gasteiger partial charge in [0.05, 0.1) is 7.11 Å². The summed E-state index contributed by atoms with van der Waals surface area (Å²) in [4.78, 5) is 36.9. The monoisotopic (exact) mass is 389 g/mol. The molecule has 0 aliphatic rings. The predicted octanol–water partition coefficient (Wildman–Crippen LogP) is 2.51. The molecule has 0 saturated carbocycles. The number of nitrogens with one attached hydrogen (secondary N) is 1. The molecule has 6 nitrogen and oxygen atoms in total. The summed E-state index contributed by atoms with van der Waals surface area (Å²) in [5.41, 5.74) is 0.888. The lowest BCUT2D eigenvalue weighted by Crippen LogP contribution is -2.44. The Kier molecular flexibility index (Phi) is 8.51. The molecule has 2 aromatic rings. The third-order valence-corrected chi connectivity index (χ3v) is 4.79. The van der Waals surface area contributed by atoms with Gasteiger partial charge >= 0.3 is 11.9 Å². The number of hydrogen-bond donors (Lipinski definition) is 1. The van der Waals surface area contributed by atoms with E-state index in [4.69, 9.17) is 9.47 Å². The molecule has 1 aromatic carbocycles. The molecule has 1 atom stereocenters. The molecule has 1 N–H and O–H groups in total. The minimum atomic E-state index is -0.831. The zero-order valence-corrected chi connectivity index (χ0v) is 16.0. The quantitative estimate of drug-likeness (QED) is 0.632. The summed E-state index contributed by atoms with van der Waals surface area (Å²) in [6.45, 7) is -0.417. The van der Waals surface area contributed by atoms with Gasteiger partial charge in [0.25, 0.3) is 5.91 Å². The largest absolute Gasteiger partial charge is 0.467 e. The Morgan fingerprint density at radius 3 is 2.56 bits per heavy atom. The summed E-state index contributed by atoms with van der Waals surface area (Å²) < 4.78 is 9.73. The highest BCUT2D eigenvalue weighted by atomic mass is 32.1. The molecule has 144 valence electrons. The first-order chi connectivity index (χ1) is 13.1. The van der Waals surface area contributed by atoms with Gasteiger partial charge in [0.2, 0.25) is 0 Å². The Morgan fingerprint density at radius 2 is 1.89 bits per heavy atom. The molecule has 0 spiro atoms. The van der Waals surface area contributed by atoms with Gasteiger partial charge < -0.3 is 14.8 Å². The standard InChI is InChI=1S/C20H23NO5S/c1-25-20(24)17(13-15-7-3-2-4-8-15)21-18(22)14-26-19(23)11-5-9-16-10-6-12-27-16/h2-4,6-8,10,12,17H,5,9,11,13-14H2,1H3,(H,21,22). The van der Waals surface area contributed by atoms with E-state index in [0.29, 0.717) is 12.8 Å². The minimum absolute atomic E-state index is 0.246. The van der Waals surface area contributed by atoms with Gasteiger partial charge in [0.15, 0.2) is 6.61 Å². The number of amides is 1. The number of thiophene rings is 1. The van der Waals surface area contributed by atoms with Gasteiger partial charge in [-0.2, -0.15) is 0 Å². The van der Waals surface area contributed by atoms with Crippen molar-refractivity contribution in [1.82, 2.24) is 5.32 Å². The summed E-state index contributed by atoms with van der Waals surface area (Å²) >= 11 is 1.65. The van der Waals surface area contributed by atoms with Crippen LogP contribution < -0.4 is 5.32 Å². The number of carbonyl (C=O) groups excluding carboxylic acids is 3. The Labute approximate surface area is 162 Å². The van der Waals surface area contributed by atoms with Gasteiger partial charge in [-0.1, -0.05) is 36.4 Å². The van der Waals surface area contributed by atoms with Crippen LogP contribution in [0.5, 0.6) is 0 Å². The van der Waals surface area contributed by atoms with E-state index in [0.717, 1.165) is 12.0 Å². The summed E-state index contributed by atoms with van der Waals surface area (Å²) in [5, 5.41) is 4.55. The van der Waals surface area contributed by atoms with Crippen molar-refractivity contribution >= 4 is 29.2 Å². The number of methoxy groups -OCH3 is 1. The van der Waals surface area contributed by atoms with E-state index < -0.39 is 30.5 Å². The second-order valence-electron chi connectivity index (χ2n) is 5.93. The highest BCUT2D eigenvalue weighted by Crippen LogP contribution is 2.12. The molecule has 7 heteroatoms. The van der Waals surface area contributed by atoms with Crippen LogP contribution in [0, 0.1) is 0 Å². The second kappa shape index (κ2) is 11.1. The molecular formula is C20H23NO5S. The summed E-state index contributed by atoms with van der Waals surface area (Å²) in [6.07, 6.45) is 2.02. The Hall–Kier alpha value is -2.67. The molecule has 27 heavy (non-hydrogen) atoms. The topological polar surface area (TPSA) is 81.7 Å². The average molecular weight is 389 g/mol. The third kappa shape index (κ3) is 7.62. The number of carbonyl (C=O) groups is 3. The Balaban J connectivity index is 1.73. The molecule has 1 unspecified atom stereocenters. The third-order valence-electron chi connectivity index (χ3n) is 3.85. The van der Waals surface area contributed by atoms with Crippen LogP contribution in [0.1, 0.15) is 23.3 Å². The molecule has 0 saturated heterocycles. The molecule has 2 rings (SSSR count). The number of ether oxygens (including phenoxy) is 2. The Bertz CT molecular complexity index is 730. The number of rotatable bonds is 10. The Morgan fingerprint density at radius 1 is 1.11 bits per heavy atom. The summed E-state index contributed by atoms with van der Waals surface area (Å²) in [6, 6.07) is 12.4. The molecule has 0 aliphatic heterocycles. The van der Waals surface area contributed by atoms with Gasteiger partial charge in [0, 0.05) is 17.7 Å². The van der Waals surface area contributed by atoms with Crippen molar-refractivity contribution < 1.29 is 23.9 Å². The first-order valence-electron chi connectivity index (χ1n) is 8.67. The maximum absolute atomic E-state index is 12.0. The number of aryl methyl sites for hydroxylation is 1. The van der Waals surface area contributed by atoms with Gasteiger partial charge in [-0.25, -0.2) is 4.79 Å². The van der Waals surface area contributed by atoms with E-state index in [9.17, 15) is 14.4 Å². The lowest BCUT2D eigenvalue weighted by Gasteiger charge is -2.16. The fourth-order valence-corrected chi connectivity index (χ4v) is 3.25. The van der Waals surface area contributed by atoms with Gasteiger partial charge in [-0.05, 0) is 29.9 Å². The van der Waals surface area contributed by atoms with Crippen molar-refractivity contribution in [3.63, 3.8) is 0 Å². The minimum Gasteiger partial charge on any atom is -0.467 e. The maximum Gasteiger partial charge on any atom is 0.328 e. The lowest BCUT2D eigenvalue weighted by atomic mass is 10.1. The zero-order chi connectivity index (χ0) is 19.5. The van der Waals surface area contributed by atoms with Crippen molar-refractivity contribution in [2.24, 2.45) is 0 Å². The molecular weight excluding hydrogens is 366 g/mol. The smallest absolute Gasteiger partial charge is 0.328 e. The van der Waals surface area contributed by atoms with Crippen molar-refractivity contribution in [1.29, 1.82) is 0 Å². The van der Waals surface area contributed by atoms with E-state index in [-0.39, 0.29) is 6.42 Å². The summed E-state index contributed by atoms with van der Waals surface area (Å²) in [5.74, 6) is -1.51. The molecule has 1 heterocycles. The van der Waals surface area contributed by atoms with Crippen LogP contribution >= 0.6 is 11.3 Å². The fourth-order valence-electron chi connectivity index (χ4n) is 2.50. The summed E-state index contributed by atoms with van der Waals surface area (Å²) in [7, 11) is 1.26. The highest BCUT2D eigenvalue weighted by Gasteiger charge is 2.22. The van der Waals surface area contributed by atoms with Crippen molar-refractivity contribution in [3.05, 3.63) is 58.3 Å². The number of hydrogen-bond acceptors (Lipinski definition) is 6. The van der Waals surface area contributed by atoms with E-state index in [1.807, 2.05) is 47.8 Å². The van der Waals surface area contributed by atoms with E-state index in [1.165, 1.54) is 12.0 Å². The molecule has 0 bridgehead atoms. The molecule has 0 fully saturated rings. The molecule has 0 radical (unpaired) electrons. The lowest BCUT2D eigenvalue weighted by molar-refractivity contribution is -0.150. The fraction of sp³-hybridized carbons (Fsp3) is 0.350. The predicted molar refractivity (Wildman–Crippen MR) is 102 cm³/mol. The van der Waals surface area contributed by atoms with Crippen LogP contribution in [0.25, 0.3) is 0 Å². The van der Waals surface area contributed by atoms with Crippen LogP contribution in [-0.4, -0.2) is 37.6 Å². The van der Waals surface area contributed by atoms with Gasteiger partial charge in [-0.15, -0.1) is 11.3 Å². The highest BCUT2D eigenvalue weighted by molar-refractivity contribution is 7.09. The SMILES string of the molecule is COC(=O)C(Cc1ccccc1)NC(=O)COC(=O)CCCc1cccs1. The van der Waals surface area contributed by atoms with Crippen molar-refractivity contribution in [2.45, 2.75) is 31.7 Å². The van der Waals surface area contributed by atoms with E-state index in [2.05, 4.69) is 5.32 Å². The van der Waals surface area contributed by atoms with Crippen molar-refractivity contribution in [2.75, 3.05) is 13.7 Å². The van der Waals surface area contributed by atoms with Crippen LogP contribution in [0.4, 0.5) is 0 Å². The zero-order valence-electron chi connectivity index (χ0n) is 15.2. The average Bonchev–Trinajstić information content (AvgIpc) is 3.19. The maximum atomic E-state index is 12.0. The van der Waals surface area contributed by atoms with Crippen molar-refractivity contribution in [3.8, 4) is 0 Å².